The Bertz CT molecular complexity index is 836. The molecule has 142 valence electrons. The van der Waals surface area contributed by atoms with Gasteiger partial charge in [-0.15, -0.1) is 0 Å². The largest absolute Gasteiger partial charge is 0.493 e. The number of benzene rings is 2. The molecule has 1 aliphatic rings. The highest BCUT2D eigenvalue weighted by Crippen LogP contribution is 2.27. The van der Waals surface area contributed by atoms with E-state index in [-0.39, 0.29) is 5.91 Å². The fourth-order valence-corrected chi connectivity index (χ4v) is 2.94. The molecule has 1 atom stereocenters. The maximum absolute atomic E-state index is 12.3. The maximum Gasteiger partial charge on any atom is 0.264 e. The van der Waals surface area contributed by atoms with E-state index in [0.717, 1.165) is 16.8 Å². The van der Waals surface area contributed by atoms with E-state index in [4.69, 9.17) is 25.9 Å². The van der Waals surface area contributed by atoms with Crippen molar-refractivity contribution in [1.29, 1.82) is 0 Å². The van der Waals surface area contributed by atoms with Gasteiger partial charge in [0.05, 0.1) is 19.9 Å². The Kier molecular flexibility index (Phi) is 6.19. The number of rotatable bonds is 7. The number of oxime groups is 1. The standard InChI is InChI=1S/C20H21ClN2O4/c1-25-17-8-3-13(11-18(17)26-2)9-10-22-20(24)19-12-16(23-27-19)14-4-6-15(21)7-5-14/h3-8,11,19H,9-10,12H2,1-2H3,(H,22,24)/t19-/m1/s1. The molecule has 0 unspecified atom stereocenters. The van der Waals surface area contributed by atoms with E-state index >= 15 is 0 Å². The predicted molar refractivity (Wildman–Crippen MR) is 104 cm³/mol. The maximum atomic E-state index is 12.3. The molecule has 0 radical (unpaired) electrons. The SMILES string of the molecule is COc1ccc(CCNC(=O)[C@H]2CC(c3ccc(Cl)cc3)=NO2)cc1OC. The zero-order chi connectivity index (χ0) is 19.2. The smallest absolute Gasteiger partial charge is 0.264 e. The summed E-state index contributed by atoms with van der Waals surface area (Å²) in [6, 6.07) is 13.0. The second kappa shape index (κ2) is 8.77. The first kappa shape index (κ1) is 19.0. The van der Waals surface area contributed by atoms with Crippen LogP contribution < -0.4 is 14.8 Å². The first-order valence-corrected chi connectivity index (χ1v) is 8.95. The lowest BCUT2D eigenvalue weighted by molar-refractivity contribution is -0.131. The third-order valence-electron chi connectivity index (χ3n) is 4.30. The van der Waals surface area contributed by atoms with Crippen molar-refractivity contribution in [3.8, 4) is 11.5 Å². The highest BCUT2D eigenvalue weighted by molar-refractivity contribution is 6.30. The average molecular weight is 389 g/mol. The number of nitrogens with one attached hydrogen (secondary N) is 1. The highest BCUT2D eigenvalue weighted by atomic mass is 35.5. The summed E-state index contributed by atoms with van der Waals surface area (Å²) in [4.78, 5) is 17.6. The molecule has 0 saturated carbocycles. The molecule has 2 aromatic carbocycles. The third-order valence-corrected chi connectivity index (χ3v) is 4.55. The molecule has 0 bridgehead atoms. The van der Waals surface area contributed by atoms with Gasteiger partial charge in [-0.25, -0.2) is 0 Å². The summed E-state index contributed by atoms with van der Waals surface area (Å²) in [5, 5.41) is 7.57. The van der Waals surface area contributed by atoms with Gasteiger partial charge in [0.25, 0.3) is 5.91 Å². The second-order valence-electron chi connectivity index (χ2n) is 6.07. The van der Waals surface area contributed by atoms with E-state index in [2.05, 4.69) is 10.5 Å². The third kappa shape index (κ3) is 4.71. The van der Waals surface area contributed by atoms with Crippen LogP contribution in [-0.4, -0.2) is 38.5 Å². The molecule has 0 fully saturated rings. The summed E-state index contributed by atoms with van der Waals surface area (Å²) in [5.41, 5.74) is 2.69. The van der Waals surface area contributed by atoms with E-state index in [9.17, 15) is 4.79 Å². The van der Waals surface area contributed by atoms with Crippen LogP contribution in [0.25, 0.3) is 0 Å². The number of amides is 1. The van der Waals surface area contributed by atoms with Crippen molar-refractivity contribution < 1.29 is 19.1 Å². The Balaban J connectivity index is 1.48. The van der Waals surface area contributed by atoms with Crippen LogP contribution in [0.5, 0.6) is 11.5 Å². The molecule has 1 heterocycles. The Labute approximate surface area is 163 Å². The zero-order valence-electron chi connectivity index (χ0n) is 15.2. The first-order valence-electron chi connectivity index (χ1n) is 8.58. The lowest BCUT2D eigenvalue weighted by Crippen LogP contribution is -2.36. The predicted octanol–water partition coefficient (Wildman–Crippen LogP) is 3.21. The molecule has 0 aromatic heterocycles. The molecule has 7 heteroatoms. The minimum absolute atomic E-state index is 0.178. The molecule has 0 spiro atoms. The summed E-state index contributed by atoms with van der Waals surface area (Å²) in [6.07, 6.45) is 0.495. The number of hydrogen-bond donors (Lipinski definition) is 1. The van der Waals surface area contributed by atoms with Gasteiger partial charge in [0.1, 0.15) is 0 Å². The second-order valence-corrected chi connectivity index (χ2v) is 6.51. The van der Waals surface area contributed by atoms with Crippen molar-refractivity contribution in [3.05, 3.63) is 58.6 Å². The molecule has 3 rings (SSSR count). The Morgan fingerprint density at radius 1 is 1.19 bits per heavy atom. The van der Waals surface area contributed by atoms with Crippen LogP contribution in [0.4, 0.5) is 0 Å². The normalized spacial score (nSPS) is 15.7. The Hall–Kier alpha value is -2.73. The molecule has 1 N–H and O–H groups in total. The fraction of sp³-hybridized carbons (Fsp3) is 0.300. The lowest BCUT2D eigenvalue weighted by Gasteiger charge is -2.11. The van der Waals surface area contributed by atoms with Gasteiger partial charge in [-0.3, -0.25) is 4.79 Å². The Morgan fingerprint density at radius 2 is 1.93 bits per heavy atom. The minimum atomic E-state index is -0.610. The first-order chi connectivity index (χ1) is 13.1. The van der Waals surface area contributed by atoms with E-state index in [1.807, 2.05) is 30.3 Å². The highest BCUT2D eigenvalue weighted by Gasteiger charge is 2.28. The van der Waals surface area contributed by atoms with Crippen LogP contribution in [-0.2, 0) is 16.1 Å². The van der Waals surface area contributed by atoms with Gasteiger partial charge in [-0.2, -0.15) is 0 Å². The van der Waals surface area contributed by atoms with Crippen molar-refractivity contribution in [3.63, 3.8) is 0 Å². The molecular weight excluding hydrogens is 368 g/mol. The number of ether oxygens (including phenoxy) is 2. The van der Waals surface area contributed by atoms with Crippen molar-refractivity contribution in [2.75, 3.05) is 20.8 Å². The fourth-order valence-electron chi connectivity index (χ4n) is 2.81. The van der Waals surface area contributed by atoms with Crippen molar-refractivity contribution >= 4 is 23.2 Å². The number of halogens is 1. The topological polar surface area (TPSA) is 69.2 Å². The van der Waals surface area contributed by atoms with Gasteiger partial charge in [0.15, 0.2) is 11.5 Å². The molecule has 6 nitrogen and oxygen atoms in total. The van der Waals surface area contributed by atoms with E-state index in [1.54, 1.807) is 26.4 Å². The van der Waals surface area contributed by atoms with Crippen molar-refractivity contribution in [2.45, 2.75) is 18.9 Å². The Morgan fingerprint density at radius 3 is 2.63 bits per heavy atom. The van der Waals surface area contributed by atoms with Gasteiger partial charge in [-0.1, -0.05) is 35.0 Å². The lowest BCUT2D eigenvalue weighted by atomic mass is 10.0. The molecule has 2 aromatic rings. The molecule has 1 amide bonds. The van der Waals surface area contributed by atoms with Gasteiger partial charge in [0.2, 0.25) is 6.10 Å². The molecule has 1 aliphatic heterocycles. The number of methoxy groups -OCH3 is 2. The quantitative estimate of drug-likeness (QED) is 0.790. The zero-order valence-corrected chi connectivity index (χ0v) is 16.0. The molecular formula is C20H21ClN2O4. The van der Waals surface area contributed by atoms with Gasteiger partial charge in [-0.05, 0) is 41.8 Å². The number of nitrogens with zero attached hydrogens (tertiary/aromatic N) is 1. The minimum Gasteiger partial charge on any atom is -0.493 e. The summed E-state index contributed by atoms with van der Waals surface area (Å²) in [7, 11) is 3.19. The van der Waals surface area contributed by atoms with Crippen molar-refractivity contribution in [1.82, 2.24) is 5.32 Å². The van der Waals surface area contributed by atoms with Crippen LogP contribution >= 0.6 is 11.6 Å². The van der Waals surface area contributed by atoms with Crippen molar-refractivity contribution in [2.24, 2.45) is 5.16 Å². The van der Waals surface area contributed by atoms with Gasteiger partial charge >= 0.3 is 0 Å². The van der Waals surface area contributed by atoms with Crippen LogP contribution in [0, 0.1) is 0 Å². The summed E-state index contributed by atoms with van der Waals surface area (Å²) in [6.45, 7) is 0.491. The van der Waals surface area contributed by atoms with E-state index in [1.165, 1.54) is 0 Å². The molecule has 0 aliphatic carbocycles. The monoisotopic (exact) mass is 388 g/mol. The summed E-state index contributed by atoms with van der Waals surface area (Å²) in [5.74, 6) is 1.17. The molecule has 0 saturated heterocycles. The summed E-state index contributed by atoms with van der Waals surface area (Å²) >= 11 is 5.89. The number of carbonyl (C=O) groups excluding carboxylic acids is 1. The van der Waals surface area contributed by atoms with Gasteiger partial charge < -0.3 is 19.6 Å². The van der Waals surface area contributed by atoms with E-state index in [0.29, 0.717) is 35.9 Å². The van der Waals surface area contributed by atoms with Crippen LogP contribution in [0.15, 0.2) is 47.6 Å². The average Bonchev–Trinajstić information content (AvgIpc) is 3.18. The van der Waals surface area contributed by atoms with Crippen LogP contribution in [0.1, 0.15) is 17.5 Å². The van der Waals surface area contributed by atoms with Crippen LogP contribution in [0.2, 0.25) is 5.02 Å². The molecule has 27 heavy (non-hydrogen) atoms. The van der Waals surface area contributed by atoms with Gasteiger partial charge in [0, 0.05) is 18.0 Å². The van der Waals surface area contributed by atoms with E-state index < -0.39 is 6.10 Å². The number of hydrogen-bond acceptors (Lipinski definition) is 5. The summed E-state index contributed by atoms with van der Waals surface area (Å²) < 4.78 is 10.5. The van der Waals surface area contributed by atoms with Crippen LogP contribution in [0.3, 0.4) is 0 Å². The number of carbonyl (C=O) groups is 1.